The van der Waals surface area contributed by atoms with Gasteiger partial charge in [-0.3, -0.25) is 9.59 Å². The van der Waals surface area contributed by atoms with Gasteiger partial charge in [0.05, 0.1) is 5.92 Å². The van der Waals surface area contributed by atoms with Gasteiger partial charge < -0.3 is 16.2 Å². The van der Waals surface area contributed by atoms with E-state index < -0.39 is 11.9 Å². The van der Waals surface area contributed by atoms with Crippen molar-refractivity contribution >= 4 is 11.9 Å². The quantitative estimate of drug-likeness (QED) is 0.609. The third-order valence-corrected chi connectivity index (χ3v) is 4.48. The van der Waals surface area contributed by atoms with E-state index in [4.69, 9.17) is 5.73 Å². The minimum Gasteiger partial charge on any atom is -0.481 e. The predicted octanol–water partition coefficient (Wildman–Crippen LogP) is 2.29. The van der Waals surface area contributed by atoms with Crippen molar-refractivity contribution in [1.29, 1.82) is 0 Å². The number of aliphatic carboxylic acids is 1. The molecular weight excluding hydrogens is 268 g/mol. The van der Waals surface area contributed by atoms with Gasteiger partial charge in [0.1, 0.15) is 0 Å². The summed E-state index contributed by atoms with van der Waals surface area (Å²) in [6.45, 7) is 2.80. The van der Waals surface area contributed by atoms with Crippen LogP contribution in [0, 0.1) is 11.8 Å². The number of amides is 1. The van der Waals surface area contributed by atoms with Crippen LogP contribution in [0.15, 0.2) is 0 Å². The van der Waals surface area contributed by atoms with Crippen molar-refractivity contribution in [2.24, 2.45) is 17.6 Å². The first-order valence-corrected chi connectivity index (χ1v) is 8.30. The summed E-state index contributed by atoms with van der Waals surface area (Å²) < 4.78 is 0. The normalized spacial score (nSPS) is 23.5. The highest BCUT2D eigenvalue weighted by Crippen LogP contribution is 2.25. The van der Waals surface area contributed by atoms with Gasteiger partial charge in [0, 0.05) is 12.5 Å². The van der Waals surface area contributed by atoms with E-state index in [0.717, 1.165) is 44.9 Å². The molecule has 0 aliphatic heterocycles. The molecule has 1 aliphatic carbocycles. The molecule has 0 radical (unpaired) electrons. The maximum Gasteiger partial charge on any atom is 0.308 e. The Morgan fingerprint density at radius 2 is 1.95 bits per heavy atom. The molecule has 0 aromatic rings. The number of nitrogens with one attached hydrogen (secondary N) is 1. The van der Waals surface area contributed by atoms with Crippen LogP contribution in [-0.2, 0) is 9.59 Å². The topological polar surface area (TPSA) is 92.4 Å². The number of hydrogen-bond acceptors (Lipinski definition) is 3. The minimum atomic E-state index is -0.785. The lowest BCUT2D eigenvalue weighted by Gasteiger charge is -2.29. The van der Waals surface area contributed by atoms with E-state index in [9.17, 15) is 14.7 Å². The monoisotopic (exact) mass is 298 g/mol. The third-order valence-electron chi connectivity index (χ3n) is 4.48. The Morgan fingerprint density at radius 1 is 1.24 bits per heavy atom. The number of hydrogen-bond donors (Lipinski definition) is 3. The van der Waals surface area contributed by atoms with Crippen LogP contribution in [0.25, 0.3) is 0 Å². The number of nitrogens with two attached hydrogens (primary N) is 1. The SMILES string of the molecule is CCCC(CCN)CCC(=O)NC1CCCCC1C(=O)O. The van der Waals surface area contributed by atoms with Gasteiger partial charge in [0.2, 0.25) is 5.91 Å². The second kappa shape index (κ2) is 9.77. The number of carbonyl (C=O) groups excluding carboxylic acids is 1. The second-order valence-electron chi connectivity index (χ2n) is 6.17. The molecule has 3 unspecified atom stereocenters. The van der Waals surface area contributed by atoms with Crippen LogP contribution in [0.4, 0.5) is 0 Å². The van der Waals surface area contributed by atoms with Gasteiger partial charge in [-0.2, -0.15) is 0 Å². The van der Waals surface area contributed by atoms with E-state index in [0.29, 0.717) is 25.3 Å². The molecule has 0 spiro atoms. The Labute approximate surface area is 127 Å². The maximum absolute atomic E-state index is 12.1. The summed E-state index contributed by atoms with van der Waals surface area (Å²) in [6.07, 6.45) is 7.90. The summed E-state index contributed by atoms with van der Waals surface area (Å²) in [6, 6.07) is -0.192. The maximum atomic E-state index is 12.1. The van der Waals surface area contributed by atoms with Crippen molar-refractivity contribution in [3.8, 4) is 0 Å². The molecule has 5 nitrogen and oxygen atoms in total. The van der Waals surface area contributed by atoms with E-state index in [1.54, 1.807) is 0 Å². The summed E-state index contributed by atoms with van der Waals surface area (Å²) in [5.41, 5.74) is 5.60. The zero-order chi connectivity index (χ0) is 15.7. The number of rotatable bonds is 9. The molecule has 4 N–H and O–H groups in total. The first-order valence-electron chi connectivity index (χ1n) is 8.30. The first kappa shape index (κ1) is 18.0. The Balaban J connectivity index is 2.39. The summed E-state index contributed by atoms with van der Waals surface area (Å²) in [5.74, 6) is -0.705. The molecule has 0 saturated heterocycles. The lowest BCUT2D eigenvalue weighted by atomic mass is 9.84. The van der Waals surface area contributed by atoms with Crippen molar-refractivity contribution in [3.05, 3.63) is 0 Å². The molecule has 21 heavy (non-hydrogen) atoms. The molecule has 0 aromatic heterocycles. The van der Waals surface area contributed by atoms with Crippen LogP contribution >= 0.6 is 0 Å². The molecule has 1 aliphatic rings. The molecule has 1 rings (SSSR count). The lowest BCUT2D eigenvalue weighted by Crippen LogP contribution is -2.45. The standard InChI is InChI=1S/C16H30N2O3/c1-2-5-12(10-11-17)8-9-15(19)18-14-7-4-3-6-13(14)16(20)21/h12-14H,2-11,17H2,1H3,(H,18,19)(H,20,21). The predicted molar refractivity (Wildman–Crippen MR) is 82.8 cm³/mol. The summed E-state index contributed by atoms with van der Waals surface area (Å²) in [4.78, 5) is 23.3. The Bertz CT molecular complexity index is 327. The van der Waals surface area contributed by atoms with E-state index in [2.05, 4.69) is 12.2 Å². The molecule has 5 heteroatoms. The molecule has 0 heterocycles. The zero-order valence-electron chi connectivity index (χ0n) is 13.1. The fourth-order valence-electron chi connectivity index (χ4n) is 3.29. The summed E-state index contributed by atoms with van der Waals surface area (Å²) in [7, 11) is 0. The van der Waals surface area contributed by atoms with Crippen LogP contribution in [0.5, 0.6) is 0 Å². The Morgan fingerprint density at radius 3 is 2.57 bits per heavy atom. The molecule has 0 bridgehead atoms. The van der Waals surface area contributed by atoms with Crippen LogP contribution in [0.2, 0.25) is 0 Å². The van der Waals surface area contributed by atoms with E-state index >= 15 is 0 Å². The fourth-order valence-corrected chi connectivity index (χ4v) is 3.29. The molecule has 1 fully saturated rings. The van der Waals surface area contributed by atoms with Crippen molar-refractivity contribution < 1.29 is 14.7 Å². The van der Waals surface area contributed by atoms with Gasteiger partial charge in [0.15, 0.2) is 0 Å². The molecule has 0 aromatic carbocycles. The van der Waals surface area contributed by atoms with Gasteiger partial charge in [-0.15, -0.1) is 0 Å². The Hall–Kier alpha value is -1.10. The minimum absolute atomic E-state index is 0.00808. The highest BCUT2D eigenvalue weighted by molar-refractivity contribution is 5.78. The highest BCUT2D eigenvalue weighted by atomic mass is 16.4. The van der Waals surface area contributed by atoms with Gasteiger partial charge in [-0.05, 0) is 38.1 Å². The summed E-state index contributed by atoms with van der Waals surface area (Å²) in [5, 5.41) is 12.2. The van der Waals surface area contributed by atoms with Gasteiger partial charge in [0.25, 0.3) is 0 Å². The van der Waals surface area contributed by atoms with Gasteiger partial charge in [-0.25, -0.2) is 0 Å². The molecule has 122 valence electrons. The highest BCUT2D eigenvalue weighted by Gasteiger charge is 2.31. The van der Waals surface area contributed by atoms with Crippen LogP contribution in [-0.4, -0.2) is 29.6 Å². The number of carbonyl (C=O) groups is 2. The van der Waals surface area contributed by atoms with Crippen LogP contribution in [0.3, 0.4) is 0 Å². The molecule has 3 atom stereocenters. The van der Waals surface area contributed by atoms with E-state index in [1.807, 2.05) is 0 Å². The zero-order valence-corrected chi connectivity index (χ0v) is 13.1. The van der Waals surface area contributed by atoms with Gasteiger partial charge in [-0.1, -0.05) is 32.6 Å². The first-order chi connectivity index (χ1) is 10.1. The molecular formula is C16H30N2O3. The summed E-state index contributed by atoms with van der Waals surface area (Å²) >= 11 is 0. The van der Waals surface area contributed by atoms with Crippen molar-refractivity contribution in [3.63, 3.8) is 0 Å². The average Bonchev–Trinajstić information content (AvgIpc) is 2.45. The van der Waals surface area contributed by atoms with Crippen LogP contribution in [0.1, 0.15) is 64.7 Å². The number of carboxylic acid groups (broad SMARTS) is 1. The van der Waals surface area contributed by atoms with E-state index in [-0.39, 0.29) is 11.9 Å². The smallest absolute Gasteiger partial charge is 0.308 e. The van der Waals surface area contributed by atoms with Crippen LogP contribution < -0.4 is 11.1 Å². The molecule has 1 saturated carbocycles. The van der Waals surface area contributed by atoms with Gasteiger partial charge >= 0.3 is 5.97 Å². The van der Waals surface area contributed by atoms with E-state index in [1.165, 1.54) is 0 Å². The largest absolute Gasteiger partial charge is 0.481 e. The lowest BCUT2D eigenvalue weighted by molar-refractivity contribution is -0.144. The average molecular weight is 298 g/mol. The van der Waals surface area contributed by atoms with Crippen molar-refractivity contribution in [1.82, 2.24) is 5.32 Å². The van der Waals surface area contributed by atoms with Crippen molar-refractivity contribution in [2.45, 2.75) is 70.8 Å². The second-order valence-corrected chi connectivity index (χ2v) is 6.17. The Kier molecular flexibility index (Phi) is 8.35. The third kappa shape index (κ3) is 6.46. The van der Waals surface area contributed by atoms with Crippen molar-refractivity contribution in [2.75, 3.05) is 6.54 Å². The molecule has 1 amide bonds. The fraction of sp³-hybridized carbons (Fsp3) is 0.875. The number of carboxylic acids is 1.